The quantitative estimate of drug-likeness (QED) is 0.443. The number of nitrogens with two attached hydrogens (primary N) is 1. The largest absolute Gasteiger partial charge is 0.480 e. The second-order valence-corrected chi connectivity index (χ2v) is 3.81. The standard InChI is InChI=1S/C8H16N2O4/c1-8(2,9)3-6(12)10-5(4-11)7(13)14/h5,11H,3-4,9H2,1-2H3,(H,10,12)(H,13,14). The molecule has 6 nitrogen and oxygen atoms in total. The van der Waals surface area contributed by atoms with Crippen molar-refractivity contribution in [2.45, 2.75) is 31.8 Å². The molecule has 0 bridgehead atoms. The summed E-state index contributed by atoms with van der Waals surface area (Å²) in [4.78, 5) is 21.6. The number of carbonyl (C=O) groups is 2. The summed E-state index contributed by atoms with van der Waals surface area (Å²) >= 11 is 0. The monoisotopic (exact) mass is 204 g/mol. The molecule has 0 saturated heterocycles. The Kier molecular flexibility index (Phi) is 4.52. The van der Waals surface area contributed by atoms with Gasteiger partial charge in [0.1, 0.15) is 6.04 Å². The highest BCUT2D eigenvalue weighted by molar-refractivity contribution is 5.84. The molecule has 0 aliphatic heterocycles. The normalized spacial score (nSPS) is 13.4. The average molecular weight is 204 g/mol. The van der Waals surface area contributed by atoms with Crippen LogP contribution in [0.5, 0.6) is 0 Å². The summed E-state index contributed by atoms with van der Waals surface area (Å²) in [5.41, 5.74) is 4.87. The van der Waals surface area contributed by atoms with E-state index in [4.69, 9.17) is 15.9 Å². The number of aliphatic hydroxyl groups excluding tert-OH is 1. The summed E-state index contributed by atoms with van der Waals surface area (Å²) < 4.78 is 0. The van der Waals surface area contributed by atoms with Crippen LogP contribution in [0, 0.1) is 0 Å². The first-order valence-electron chi connectivity index (χ1n) is 4.18. The highest BCUT2D eigenvalue weighted by atomic mass is 16.4. The van der Waals surface area contributed by atoms with Crippen molar-refractivity contribution in [1.29, 1.82) is 0 Å². The third-order valence-electron chi connectivity index (χ3n) is 1.43. The summed E-state index contributed by atoms with van der Waals surface area (Å²) in [7, 11) is 0. The van der Waals surface area contributed by atoms with E-state index in [-0.39, 0.29) is 6.42 Å². The Bertz CT molecular complexity index is 222. The lowest BCUT2D eigenvalue weighted by atomic mass is 10.0. The zero-order valence-corrected chi connectivity index (χ0v) is 8.28. The molecule has 0 aromatic heterocycles. The topological polar surface area (TPSA) is 113 Å². The Labute approximate surface area is 82.1 Å². The summed E-state index contributed by atoms with van der Waals surface area (Å²) in [6, 6.07) is -1.26. The molecular formula is C8H16N2O4. The molecule has 1 atom stereocenters. The smallest absolute Gasteiger partial charge is 0.328 e. The SMILES string of the molecule is CC(C)(N)CC(=O)NC(CO)C(=O)O. The van der Waals surface area contributed by atoms with Crippen LogP contribution in [-0.2, 0) is 9.59 Å². The highest BCUT2D eigenvalue weighted by Gasteiger charge is 2.22. The molecule has 1 unspecified atom stereocenters. The fourth-order valence-electron chi connectivity index (χ4n) is 0.845. The molecule has 5 N–H and O–H groups in total. The van der Waals surface area contributed by atoms with E-state index in [0.29, 0.717) is 0 Å². The molecule has 82 valence electrons. The zero-order valence-electron chi connectivity index (χ0n) is 8.28. The van der Waals surface area contributed by atoms with E-state index in [1.165, 1.54) is 0 Å². The number of carboxylic acids is 1. The van der Waals surface area contributed by atoms with Crippen molar-refractivity contribution >= 4 is 11.9 Å². The Morgan fingerprint density at radius 1 is 1.50 bits per heavy atom. The van der Waals surface area contributed by atoms with Gasteiger partial charge in [-0.3, -0.25) is 4.79 Å². The van der Waals surface area contributed by atoms with Gasteiger partial charge in [0.15, 0.2) is 0 Å². The molecule has 14 heavy (non-hydrogen) atoms. The average Bonchev–Trinajstić information content (AvgIpc) is 1.96. The molecular weight excluding hydrogens is 188 g/mol. The number of amides is 1. The summed E-state index contributed by atoms with van der Waals surface area (Å²) in [6.07, 6.45) is 0.0107. The molecule has 0 fully saturated rings. The molecule has 0 rings (SSSR count). The number of rotatable bonds is 5. The highest BCUT2D eigenvalue weighted by Crippen LogP contribution is 2.02. The van der Waals surface area contributed by atoms with Crippen molar-refractivity contribution in [1.82, 2.24) is 5.32 Å². The number of carboxylic acid groups (broad SMARTS) is 1. The number of hydrogen-bond donors (Lipinski definition) is 4. The van der Waals surface area contributed by atoms with Gasteiger partial charge < -0.3 is 21.3 Å². The van der Waals surface area contributed by atoms with Crippen molar-refractivity contribution < 1.29 is 19.8 Å². The van der Waals surface area contributed by atoms with E-state index in [1.807, 2.05) is 0 Å². The van der Waals surface area contributed by atoms with Gasteiger partial charge in [0.2, 0.25) is 5.91 Å². The van der Waals surface area contributed by atoms with Crippen LogP contribution >= 0.6 is 0 Å². The molecule has 0 aliphatic carbocycles. The van der Waals surface area contributed by atoms with E-state index < -0.39 is 30.1 Å². The number of carbonyl (C=O) groups excluding carboxylic acids is 1. The Morgan fingerprint density at radius 2 is 2.00 bits per heavy atom. The minimum atomic E-state index is -1.27. The van der Waals surface area contributed by atoms with Gasteiger partial charge in [-0.1, -0.05) is 0 Å². The molecule has 0 aromatic rings. The lowest BCUT2D eigenvalue weighted by molar-refractivity contribution is -0.143. The summed E-state index contributed by atoms with van der Waals surface area (Å²) in [5.74, 6) is -1.75. The molecule has 0 saturated carbocycles. The fourth-order valence-corrected chi connectivity index (χ4v) is 0.845. The van der Waals surface area contributed by atoms with Crippen LogP contribution in [0.4, 0.5) is 0 Å². The zero-order chi connectivity index (χ0) is 11.4. The van der Waals surface area contributed by atoms with Crippen LogP contribution in [0.2, 0.25) is 0 Å². The van der Waals surface area contributed by atoms with E-state index in [0.717, 1.165) is 0 Å². The molecule has 6 heteroatoms. The predicted octanol–water partition coefficient (Wildman–Crippen LogP) is -1.32. The molecule has 0 spiro atoms. The maximum Gasteiger partial charge on any atom is 0.328 e. The van der Waals surface area contributed by atoms with E-state index in [2.05, 4.69) is 5.32 Å². The van der Waals surface area contributed by atoms with Gasteiger partial charge in [-0.2, -0.15) is 0 Å². The number of aliphatic carboxylic acids is 1. The van der Waals surface area contributed by atoms with Gasteiger partial charge in [-0.05, 0) is 13.8 Å². The van der Waals surface area contributed by atoms with Crippen LogP contribution in [0.15, 0.2) is 0 Å². The maximum atomic E-state index is 11.2. The van der Waals surface area contributed by atoms with Gasteiger partial charge in [-0.25, -0.2) is 4.79 Å². The van der Waals surface area contributed by atoms with Crippen molar-refractivity contribution in [2.24, 2.45) is 5.73 Å². The first-order chi connectivity index (χ1) is 6.26. The lowest BCUT2D eigenvalue weighted by Gasteiger charge is -2.19. The lowest BCUT2D eigenvalue weighted by Crippen LogP contribution is -2.47. The predicted molar refractivity (Wildman–Crippen MR) is 49.5 cm³/mol. The Morgan fingerprint density at radius 3 is 2.29 bits per heavy atom. The molecule has 0 radical (unpaired) electrons. The minimum Gasteiger partial charge on any atom is -0.480 e. The summed E-state index contributed by atoms with van der Waals surface area (Å²) in [5, 5.41) is 19.3. The summed E-state index contributed by atoms with van der Waals surface area (Å²) in [6.45, 7) is 2.68. The van der Waals surface area contributed by atoms with Crippen LogP contribution in [0.25, 0.3) is 0 Å². The van der Waals surface area contributed by atoms with Gasteiger partial charge >= 0.3 is 5.97 Å². The molecule has 0 heterocycles. The van der Waals surface area contributed by atoms with E-state index >= 15 is 0 Å². The molecule has 0 aromatic carbocycles. The third-order valence-corrected chi connectivity index (χ3v) is 1.43. The van der Waals surface area contributed by atoms with Crippen LogP contribution in [0.1, 0.15) is 20.3 Å². The van der Waals surface area contributed by atoms with Gasteiger partial charge in [0.05, 0.1) is 6.61 Å². The number of aliphatic hydroxyl groups is 1. The van der Waals surface area contributed by atoms with Crippen molar-refractivity contribution in [3.05, 3.63) is 0 Å². The number of hydrogen-bond acceptors (Lipinski definition) is 4. The maximum absolute atomic E-state index is 11.2. The van der Waals surface area contributed by atoms with Gasteiger partial charge in [-0.15, -0.1) is 0 Å². The second kappa shape index (κ2) is 4.92. The van der Waals surface area contributed by atoms with Crippen LogP contribution in [-0.4, -0.2) is 40.3 Å². The van der Waals surface area contributed by atoms with Gasteiger partial charge in [0, 0.05) is 12.0 Å². The van der Waals surface area contributed by atoms with Crippen LogP contribution in [0.3, 0.4) is 0 Å². The van der Waals surface area contributed by atoms with Crippen LogP contribution < -0.4 is 11.1 Å². The molecule has 0 aliphatic rings. The second-order valence-electron chi connectivity index (χ2n) is 3.81. The first-order valence-corrected chi connectivity index (χ1v) is 4.18. The third kappa shape index (κ3) is 5.50. The molecule has 1 amide bonds. The Hall–Kier alpha value is -1.14. The van der Waals surface area contributed by atoms with Crippen molar-refractivity contribution in [3.8, 4) is 0 Å². The first kappa shape index (κ1) is 12.9. The van der Waals surface area contributed by atoms with Gasteiger partial charge in [0.25, 0.3) is 0 Å². The van der Waals surface area contributed by atoms with E-state index in [1.54, 1.807) is 13.8 Å². The number of nitrogens with one attached hydrogen (secondary N) is 1. The Balaban J connectivity index is 4.11. The fraction of sp³-hybridized carbons (Fsp3) is 0.750. The van der Waals surface area contributed by atoms with Crippen molar-refractivity contribution in [2.75, 3.05) is 6.61 Å². The minimum absolute atomic E-state index is 0.0107. The van der Waals surface area contributed by atoms with E-state index in [9.17, 15) is 9.59 Å². The van der Waals surface area contributed by atoms with Crippen molar-refractivity contribution in [3.63, 3.8) is 0 Å².